The van der Waals surface area contributed by atoms with Crippen LogP contribution in [0.3, 0.4) is 0 Å². The number of carbonyl (C=O) groups excluding carboxylic acids is 1. The predicted molar refractivity (Wildman–Crippen MR) is 56.8 cm³/mol. The second kappa shape index (κ2) is 5.16. The van der Waals surface area contributed by atoms with Gasteiger partial charge in [-0.05, 0) is 24.6 Å². The molecule has 15 heavy (non-hydrogen) atoms. The molecule has 0 radical (unpaired) electrons. The van der Waals surface area contributed by atoms with Crippen molar-refractivity contribution < 1.29 is 9.53 Å². The summed E-state index contributed by atoms with van der Waals surface area (Å²) in [6.07, 6.45) is 0.858. The third-order valence-corrected chi connectivity index (χ3v) is 2.15. The van der Waals surface area contributed by atoms with E-state index in [-0.39, 0.29) is 5.92 Å². The fourth-order valence-corrected chi connectivity index (χ4v) is 1.28. The molecule has 0 aliphatic rings. The summed E-state index contributed by atoms with van der Waals surface area (Å²) in [5.41, 5.74) is 1.31. The predicted octanol–water partition coefficient (Wildman–Crippen LogP) is 2.26. The van der Waals surface area contributed by atoms with Gasteiger partial charge in [-0.2, -0.15) is 5.26 Å². The lowest BCUT2D eigenvalue weighted by Gasteiger charge is -2.08. The number of hydrogen-bond donors (Lipinski definition) is 0. The molecule has 0 saturated carbocycles. The quantitative estimate of drug-likeness (QED) is 0.705. The van der Waals surface area contributed by atoms with Gasteiger partial charge in [0, 0.05) is 5.92 Å². The fraction of sp³-hybridized carbons (Fsp3) is 0.333. The minimum atomic E-state index is -0.187. The average Bonchev–Trinajstić information content (AvgIpc) is 2.29. The molecule has 1 aromatic rings. The molecule has 0 bridgehead atoms. The number of ether oxygens (including phenoxy) is 1. The van der Waals surface area contributed by atoms with E-state index in [4.69, 9.17) is 10.00 Å². The standard InChI is InChI=1S/C12H13NO2/c1-3-15-12-5-4-10(9(2)8-14)6-11(12)7-13/h4-6,8-9H,3H2,1-2H3. The van der Waals surface area contributed by atoms with Crippen molar-refractivity contribution in [3.63, 3.8) is 0 Å². The van der Waals surface area contributed by atoms with Crippen molar-refractivity contribution in [2.45, 2.75) is 19.8 Å². The summed E-state index contributed by atoms with van der Waals surface area (Å²) in [7, 11) is 0. The summed E-state index contributed by atoms with van der Waals surface area (Å²) in [6, 6.07) is 7.30. The number of nitriles is 1. The van der Waals surface area contributed by atoms with Crippen LogP contribution in [-0.4, -0.2) is 12.9 Å². The first-order chi connectivity index (χ1) is 7.22. The van der Waals surface area contributed by atoms with Gasteiger partial charge < -0.3 is 9.53 Å². The first-order valence-corrected chi connectivity index (χ1v) is 4.85. The molecule has 1 unspecified atom stereocenters. The van der Waals surface area contributed by atoms with E-state index in [0.717, 1.165) is 11.8 Å². The Balaban J connectivity index is 3.08. The molecule has 0 aliphatic heterocycles. The van der Waals surface area contributed by atoms with Gasteiger partial charge >= 0.3 is 0 Å². The zero-order valence-corrected chi connectivity index (χ0v) is 8.86. The largest absolute Gasteiger partial charge is 0.492 e. The maximum Gasteiger partial charge on any atom is 0.137 e. The Bertz CT molecular complexity index is 393. The maximum atomic E-state index is 10.6. The molecule has 0 N–H and O–H groups in total. The van der Waals surface area contributed by atoms with Gasteiger partial charge in [0.05, 0.1) is 12.2 Å². The van der Waals surface area contributed by atoms with Gasteiger partial charge in [0.1, 0.15) is 18.1 Å². The number of benzene rings is 1. The summed E-state index contributed by atoms with van der Waals surface area (Å²) >= 11 is 0. The van der Waals surface area contributed by atoms with Gasteiger partial charge in [-0.25, -0.2) is 0 Å². The van der Waals surface area contributed by atoms with Gasteiger partial charge in [-0.15, -0.1) is 0 Å². The Morgan fingerprint density at radius 3 is 2.87 bits per heavy atom. The molecule has 0 amide bonds. The molecule has 3 heteroatoms. The van der Waals surface area contributed by atoms with Crippen molar-refractivity contribution in [2.24, 2.45) is 0 Å². The van der Waals surface area contributed by atoms with Crippen molar-refractivity contribution in [1.82, 2.24) is 0 Å². The summed E-state index contributed by atoms with van der Waals surface area (Å²) in [5.74, 6) is 0.384. The zero-order chi connectivity index (χ0) is 11.3. The second-order valence-corrected chi connectivity index (χ2v) is 3.23. The first-order valence-electron chi connectivity index (χ1n) is 4.85. The van der Waals surface area contributed by atoms with E-state index in [1.54, 1.807) is 19.1 Å². The van der Waals surface area contributed by atoms with Crippen LogP contribution in [0.1, 0.15) is 30.9 Å². The Morgan fingerprint density at radius 2 is 2.33 bits per heavy atom. The lowest BCUT2D eigenvalue weighted by molar-refractivity contribution is -0.108. The Hall–Kier alpha value is -1.82. The van der Waals surface area contributed by atoms with Gasteiger partial charge in [-0.3, -0.25) is 0 Å². The first kappa shape index (κ1) is 11.3. The summed E-state index contributed by atoms with van der Waals surface area (Å²) in [6.45, 7) is 4.18. The number of hydrogen-bond acceptors (Lipinski definition) is 3. The molecule has 78 valence electrons. The van der Waals surface area contributed by atoms with Crippen LogP contribution < -0.4 is 4.74 Å². The van der Waals surface area contributed by atoms with E-state index in [1.165, 1.54) is 0 Å². The van der Waals surface area contributed by atoms with Crippen molar-refractivity contribution in [3.8, 4) is 11.8 Å². The molecular formula is C12H13NO2. The number of nitrogens with zero attached hydrogens (tertiary/aromatic N) is 1. The molecule has 0 fully saturated rings. The van der Waals surface area contributed by atoms with E-state index in [1.807, 2.05) is 13.0 Å². The van der Waals surface area contributed by atoms with Gasteiger partial charge in [0.2, 0.25) is 0 Å². The highest BCUT2D eigenvalue weighted by Gasteiger charge is 2.08. The molecule has 1 atom stereocenters. The van der Waals surface area contributed by atoms with Crippen LogP contribution >= 0.6 is 0 Å². The van der Waals surface area contributed by atoms with Gasteiger partial charge in [-0.1, -0.05) is 13.0 Å². The summed E-state index contributed by atoms with van der Waals surface area (Å²) in [5, 5.41) is 8.91. The third kappa shape index (κ3) is 2.57. The summed E-state index contributed by atoms with van der Waals surface area (Å²) in [4.78, 5) is 10.6. The molecule has 1 aromatic carbocycles. The maximum absolute atomic E-state index is 10.6. The molecule has 0 saturated heterocycles. The second-order valence-electron chi connectivity index (χ2n) is 3.23. The monoisotopic (exact) mass is 203 g/mol. The number of carbonyl (C=O) groups is 1. The smallest absolute Gasteiger partial charge is 0.137 e. The topological polar surface area (TPSA) is 50.1 Å². The fourth-order valence-electron chi connectivity index (χ4n) is 1.28. The van der Waals surface area contributed by atoms with Gasteiger partial charge in [0.15, 0.2) is 0 Å². The van der Waals surface area contributed by atoms with Crippen LogP contribution in [-0.2, 0) is 4.79 Å². The lowest BCUT2D eigenvalue weighted by Crippen LogP contribution is -1.98. The Kier molecular flexibility index (Phi) is 3.87. The van der Waals surface area contributed by atoms with Crippen molar-refractivity contribution in [3.05, 3.63) is 29.3 Å². The van der Waals surface area contributed by atoms with Crippen LogP contribution in [0.25, 0.3) is 0 Å². The van der Waals surface area contributed by atoms with Gasteiger partial charge in [0.25, 0.3) is 0 Å². The van der Waals surface area contributed by atoms with Crippen LogP contribution in [0.15, 0.2) is 18.2 Å². The number of aldehydes is 1. The minimum Gasteiger partial charge on any atom is -0.492 e. The molecule has 1 rings (SSSR count). The van der Waals surface area contributed by atoms with Crippen LogP contribution in [0, 0.1) is 11.3 Å². The molecule has 0 heterocycles. The molecule has 3 nitrogen and oxygen atoms in total. The molecule has 0 aliphatic carbocycles. The van der Waals surface area contributed by atoms with E-state index < -0.39 is 0 Å². The lowest BCUT2D eigenvalue weighted by atomic mass is 10.0. The molecule has 0 spiro atoms. The van der Waals surface area contributed by atoms with Crippen LogP contribution in [0.5, 0.6) is 5.75 Å². The number of rotatable bonds is 4. The average molecular weight is 203 g/mol. The SMILES string of the molecule is CCOc1ccc(C(C)C=O)cc1C#N. The van der Waals surface area contributed by atoms with E-state index in [9.17, 15) is 4.79 Å². The van der Waals surface area contributed by atoms with E-state index >= 15 is 0 Å². The van der Waals surface area contributed by atoms with Crippen molar-refractivity contribution in [1.29, 1.82) is 5.26 Å². The highest BCUT2D eigenvalue weighted by Crippen LogP contribution is 2.23. The third-order valence-electron chi connectivity index (χ3n) is 2.15. The Morgan fingerprint density at radius 1 is 1.60 bits per heavy atom. The normalized spacial score (nSPS) is 11.5. The van der Waals surface area contributed by atoms with E-state index in [2.05, 4.69) is 6.07 Å². The van der Waals surface area contributed by atoms with Crippen molar-refractivity contribution in [2.75, 3.05) is 6.61 Å². The summed E-state index contributed by atoms with van der Waals surface area (Å²) < 4.78 is 5.29. The van der Waals surface area contributed by atoms with E-state index in [0.29, 0.717) is 17.9 Å². The Labute approximate surface area is 89.3 Å². The highest BCUT2D eigenvalue weighted by atomic mass is 16.5. The van der Waals surface area contributed by atoms with Crippen LogP contribution in [0.4, 0.5) is 0 Å². The molecule has 0 aromatic heterocycles. The highest BCUT2D eigenvalue weighted by molar-refractivity contribution is 5.62. The van der Waals surface area contributed by atoms with Crippen LogP contribution in [0.2, 0.25) is 0 Å². The minimum absolute atomic E-state index is 0.187. The zero-order valence-electron chi connectivity index (χ0n) is 8.86. The molecular weight excluding hydrogens is 190 g/mol. The van der Waals surface area contributed by atoms with Crippen molar-refractivity contribution >= 4 is 6.29 Å².